The zero-order valence-corrected chi connectivity index (χ0v) is 10.9. The highest BCUT2D eigenvalue weighted by Crippen LogP contribution is 2.30. The maximum Gasteiger partial charge on any atom is 0.340 e. The first-order valence-electron chi connectivity index (χ1n) is 5.42. The summed E-state index contributed by atoms with van der Waals surface area (Å²) >= 11 is 6.08. The maximum absolute atomic E-state index is 11.7. The molecule has 1 heterocycles. The number of carbonyl (C=O) groups is 1. The molecule has 2 rings (SSSR count). The Bertz CT molecular complexity index is 584. The molecule has 3 N–H and O–H groups in total. The zero-order chi connectivity index (χ0) is 13.8. The largest absolute Gasteiger partial charge is 0.465 e. The fourth-order valence-corrected chi connectivity index (χ4v) is 1.88. The summed E-state index contributed by atoms with van der Waals surface area (Å²) < 4.78 is 9.64. The number of nitrogen functional groups attached to an aromatic ring is 1. The fourth-order valence-electron chi connectivity index (χ4n) is 1.59. The third kappa shape index (κ3) is 2.97. The molecule has 0 aliphatic heterocycles. The Morgan fingerprint density at radius 1 is 1.58 bits per heavy atom. The summed E-state index contributed by atoms with van der Waals surface area (Å²) in [6.07, 6.45) is 1.53. The molecule has 0 aliphatic carbocycles. The van der Waals surface area contributed by atoms with Crippen molar-refractivity contribution in [2.45, 2.75) is 6.54 Å². The van der Waals surface area contributed by atoms with Crippen molar-refractivity contribution < 1.29 is 14.1 Å². The number of halogens is 1. The molecule has 1 aromatic carbocycles. The Hall–Kier alpha value is -2.21. The number of hydrogen-bond acceptors (Lipinski definition) is 6. The number of methoxy groups -OCH3 is 1. The monoisotopic (exact) mass is 281 g/mol. The van der Waals surface area contributed by atoms with Crippen molar-refractivity contribution in [3.8, 4) is 0 Å². The topological polar surface area (TPSA) is 90.4 Å². The molecule has 100 valence electrons. The Kier molecular flexibility index (Phi) is 3.91. The van der Waals surface area contributed by atoms with Crippen LogP contribution in [0.4, 0.5) is 11.4 Å². The molecular formula is C12H12ClN3O3. The van der Waals surface area contributed by atoms with Crippen molar-refractivity contribution in [1.29, 1.82) is 0 Å². The summed E-state index contributed by atoms with van der Waals surface area (Å²) in [5.74, 6) is 0.0953. The summed E-state index contributed by atoms with van der Waals surface area (Å²) in [6.45, 7) is 0.341. The van der Waals surface area contributed by atoms with Gasteiger partial charge in [0.15, 0.2) is 5.76 Å². The summed E-state index contributed by atoms with van der Waals surface area (Å²) in [5.41, 5.74) is 6.76. The molecule has 0 aliphatic rings. The van der Waals surface area contributed by atoms with Crippen LogP contribution in [-0.2, 0) is 11.3 Å². The van der Waals surface area contributed by atoms with E-state index in [0.717, 1.165) is 0 Å². The van der Waals surface area contributed by atoms with E-state index in [-0.39, 0.29) is 5.56 Å². The van der Waals surface area contributed by atoms with Gasteiger partial charge >= 0.3 is 5.97 Å². The Morgan fingerprint density at radius 2 is 2.37 bits per heavy atom. The van der Waals surface area contributed by atoms with Crippen LogP contribution in [0.15, 0.2) is 28.9 Å². The van der Waals surface area contributed by atoms with Gasteiger partial charge in [-0.3, -0.25) is 0 Å². The van der Waals surface area contributed by atoms with Crippen molar-refractivity contribution in [2.24, 2.45) is 0 Å². The summed E-state index contributed by atoms with van der Waals surface area (Å²) in [4.78, 5) is 11.7. The minimum absolute atomic E-state index is 0.270. The molecule has 2 aromatic rings. The predicted molar refractivity (Wildman–Crippen MR) is 71.0 cm³/mol. The fraction of sp³-hybridized carbons (Fsp3) is 0.167. The summed E-state index contributed by atoms with van der Waals surface area (Å²) in [5, 5.41) is 6.92. The van der Waals surface area contributed by atoms with Crippen molar-refractivity contribution in [3.05, 3.63) is 40.7 Å². The van der Waals surface area contributed by atoms with Crippen LogP contribution in [0.1, 0.15) is 16.1 Å². The van der Waals surface area contributed by atoms with Crippen LogP contribution >= 0.6 is 11.6 Å². The standard InChI is InChI=1S/C12H12ClN3O3/c1-18-12(17)9-4-7(14)5-10(13)11(9)15-6-8-2-3-16-19-8/h2-5,15H,6,14H2,1H3. The minimum atomic E-state index is -0.519. The van der Waals surface area contributed by atoms with Crippen molar-refractivity contribution in [2.75, 3.05) is 18.2 Å². The van der Waals surface area contributed by atoms with E-state index in [1.807, 2.05) is 0 Å². The summed E-state index contributed by atoms with van der Waals surface area (Å²) in [7, 11) is 1.29. The lowest BCUT2D eigenvalue weighted by atomic mass is 10.1. The molecule has 19 heavy (non-hydrogen) atoms. The average molecular weight is 282 g/mol. The molecule has 6 nitrogen and oxygen atoms in total. The number of aromatic nitrogens is 1. The molecule has 0 atom stereocenters. The molecule has 0 saturated heterocycles. The molecular weight excluding hydrogens is 270 g/mol. The first-order valence-corrected chi connectivity index (χ1v) is 5.80. The van der Waals surface area contributed by atoms with Gasteiger partial charge in [0.25, 0.3) is 0 Å². The highest BCUT2D eigenvalue weighted by molar-refractivity contribution is 6.34. The van der Waals surface area contributed by atoms with Crippen LogP contribution in [0.5, 0.6) is 0 Å². The van der Waals surface area contributed by atoms with Gasteiger partial charge in [-0.2, -0.15) is 0 Å². The number of anilines is 2. The van der Waals surface area contributed by atoms with Crippen LogP contribution in [0.3, 0.4) is 0 Å². The van der Waals surface area contributed by atoms with E-state index in [2.05, 4.69) is 10.5 Å². The van der Waals surface area contributed by atoms with Gasteiger partial charge in [-0.05, 0) is 12.1 Å². The molecule has 0 saturated carbocycles. The van der Waals surface area contributed by atoms with Crippen LogP contribution in [0.25, 0.3) is 0 Å². The highest BCUT2D eigenvalue weighted by Gasteiger charge is 2.16. The van der Waals surface area contributed by atoms with Crippen LogP contribution in [0.2, 0.25) is 5.02 Å². The van der Waals surface area contributed by atoms with E-state index in [9.17, 15) is 4.79 Å². The van der Waals surface area contributed by atoms with Gasteiger partial charge in [-0.15, -0.1) is 0 Å². The van der Waals surface area contributed by atoms with Crippen LogP contribution in [-0.4, -0.2) is 18.2 Å². The maximum atomic E-state index is 11.7. The Labute approximate surface area is 114 Å². The van der Waals surface area contributed by atoms with Gasteiger partial charge in [0.2, 0.25) is 0 Å². The first kappa shape index (κ1) is 13.2. The number of esters is 1. The van der Waals surface area contributed by atoms with Crippen molar-refractivity contribution in [3.63, 3.8) is 0 Å². The first-order chi connectivity index (χ1) is 9.11. The van der Waals surface area contributed by atoms with Crippen LogP contribution in [0, 0.1) is 0 Å². The van der Waals surface area contributed by atoms with E-state index >= 15 is 0 Å². The molecule has 0 fully saturated rings. The van der Waals surface area contributed by atoms with Gasteiger partial charge in [-0.1, -0.05) is 16.8 Å². The van der Waals surface area contributed by atoms with Crippen molar-refractivity contribution >= 4 is 28.9 Å². The summed E-state index contributed by atoms with van der Waals surface area (Å²) in [6, 6.07) is 4.76. The van der Waals surface area contributed by atoms with Crippen LogP contribution < -0.4 is 11.1 Å². The number of nitrogens with zero attached hydrogens (tertiary/aromatic N) is 1. The quantitative estimate of drug-likeness (QED) is 0.660. The second-order valence-electron chi connectivity index (χ2n) is 3.75. The van der Waals surface area contributed by atoms with Gasteiger partial charge in [0.1, 0.15) is 0 Å². The third-order valence-corrected chi connectivity index (χ3v) is 2.75. The lowest BCUT2D eigenvalue weighted by Crippen LogP contribution is -2.09. The highest BCUT2D eigenvalue weighted by atomic mass is 35.5. The molecule has 0 bridgehead atoms. The van der Waals surface area contributed by atoms with Gasteiger partial charge in [0, 0.05) is 11.8 Å². The number of carbonyl (C=O) groups excluding carboxylic acids is 1. The van der Waals surface area contributed by atoms with E-state index in [0.29, 0.717) is 28.7 Å². The number of ether oxygens (including phenoxy) is 1. The zero-order valence-electron chi connectivity index (χ0n) is 10.1. The number of rotatable bonds is 4. The molecule has 0 spiro atoms. The molecule has 0 unspecified atom stereocenters. The lowest BCUT2D eigenvalue weighted by molar-refractivity contribution is 0.0602. The molecule has 0 amide bonds. The second-order valence-corrected chi connectivity index (χ2v) is 4.16. The van der Waals surface area contributed by atoms with E-state index in [1.54, 1.807) is 12.1 Å². The van der Waals surface area contributed by atoms with Crippen molar-refractivity contribution in [1.82, 2.24) is 5.16 Å². The average Bonchev–Trinajstić information content (AvgIpc) is 2.89. The SMILES string of the molecule is COC(=O)c1cc(N)cc(Cl)c1NCc1ccno1. The Balaban J connectivity index is 2.29. The van der Waals surface area contributed by atoms with E-state index in [1.165, 1.54) is 19.4 Å². The number of hydrogen-bond donors (Lipinski definition) is 2. The van der Waals surface area contributed by atoms with E-state index in [4.69, 9.17) is 26.6 Å². The van der Waals surface area contributed by atoms with Gasteiger partial charge < -0.3 is 20.3 Å². The lowest BCUT2D eigenvalue weighted by Gasteiger charge is -2.12. The van der Waals surface area contributed by atoms with E-state index < -0.39 is 5.97 Å². The number of nitrogens with one attached hydrogen (secondary N) is 1. The second kappa shape index (κ2) is 5.62. The Morgan fingerprint density at radius 3 is 3.00 bits per heavy atom. The molecule has 0 radical (unpaired) electrons. The van der Waals surface area contributed by atoms with Gasteiger partial charge in [-0.25, -0.2) is 4.79 Å². The predicted octanol–water partition coefficient (Wildman–Crippen LogP) is 2.31. The smallest absolute Gasteiger partial charge is 0.340 e. The normalized spacial score (nSPS) is 10.2. The third-order valence-electron chi connectivity index (χ3n) is 2.45. The van der Waals surface area contributed by atoms with Gasteiger partial charge in [0.05, 0.1) is 36.1 Å². The number of nitrogens with two attached hydrogens (primary N) is 1. The number of benzene rings is 1. The molecule has 7 heteroatoms. The minimum Gasteiger partial charge on any atom is -0.465 e. The molecule has 1 aromatic heterocycles.